The number of aromatic nitrogens is 2. The van der Waals surface area contributed by atoms with Gasteiger partial charge in [0.25, 0.3) is 0 Å². The lowest BCUT2D eigenvalue weighted by molar-refractivity contribution is -0.274. The molecule has 0 spiro atoms. The maximum atomic E-state index is 13.3. The number of nitrogens with zero attached hydrogens (tertiary/aromatic N) is 4. The Labute approximate surface area is 199 Å². The van der Waals surface area contributed by atoms with Crippen molar-refractivity contribution in [1.82, 2.24) is 19.9 Å². The van der Waals surface area contributed by atoms with Gasteiger partial charge in [0.15, 0.2) is 0 Å². The molecule has 0 bridgehead atoms. The molecule has 2 amide bonds. The zero-order valence-corrected chi connectivity index (χ0v) is 19.8. The van der Waals surface area contributed by atoms with E-state index in [2.05, 4.69) is 14.9 Å². The van der Waals surface area contributed by atoms with E-state index in [0.29, 0.717) is 38.5 Å². The van der Waals surface area contributed by atoms with Gasteiger partial charge < -0.3 is 23.8 Å². The number of hydrogen-bond acceptors (Lipinski definition) is 7. The van der Waals surface area contributed by atoms with E-state index in [9.17, 15) is 18.0 Å². The Hall–Kier alpha value is -2.63. The highest BCUT2D eigenvalue weighted by atomic mass is 32.2. The molecule has 1 aromatic carbocycles. The van der Waals surface area contributed by atoms with E-state index in [1.54, 1.807) is 17.0 Å². The first kappa shape index (κ1) is 24.5. The van der Waals surface area contributed by atoms with E-state index in [-0.39, 0.29) is 35.7 Å². The first-order valence-electron chi connectivity index (χ1n) is 11.2. The van der Waals surface area contributed by atoms with Gasteiger partial charge in [-0.2, -0.15) is 16.7 Å². The average molecular weight is 501 g/mol. The number of amides is 2. The standard InChI is InChI=1S/C22H27F3N4O4S/c1-14(2)31-20-26-19(33-27-20)17-11-16(15-3-5-18(6-4-15)32-22(23,24)25)12-29(13-17)21(30)28-7-9-34-10-8-28/h3-6,14,16-17H,7-13H2,1-2H3. The molecule has 2 unspecified atom stereocenters. The fourth-order valence-corrected chi connectivity index (χ4v) is 5.12. The van der Waals surface area contributed by atoms with Gasteiger partial charge in [0, 0.05) is 43.6 Å². The zero-order valence-electron chi connectivity index (χ0n) is 19.0. The van der Waals surface area contributed by atoms with Crippen LogP contribution in [-0.4, -0.2) is 76.1 Å². The summed E-state index contributed by atoms with van der Waals surface area (Å²) < 4.78 is 52.5. The van der Waals surface area contributed by atoms with E-state index in [0.717, 1.165) is 17.1 Å². The SMILES string of the molecule is CC(C)Oc1noc(C2CC(c3ccc(OC(F)(F)F)cc3)CN(C(=O)N3CCSCC3)C2)n1. The van der Waals surface area contributed by atoms with E-state index >= 15 is 0 Å². The number of carbonyl (C=O) groups excluding carboxylic acids is 1. The van der Waals surface area contributed by atoms with Crippen LogP contribution in [0.15, 0.2) is 28.8 Å². The summed E-state index contributed by atoms with van der Waals surface area (Å²) in [5.74, 6) is 1.53. The van der Waals surface area contributed by atoms with Crippen LogP contribution in [0.3, 0.4) is 0 Å². The molecule has 2 atom stereocenters. The van der Waals surface area contributed by atoms with E-state index in [1.807, 2.05) is 30.5 Å². The Bertz CT molecular complexity index is 964. The Morgan fingerprint density at radius 3 is 2.44 bits per heavy atom. The van der Waals surface area contributed by atoms with Gasteiger partial charge in [-0.1, -0.05) is 12.1 Å². The molecule has 2 aliphatic rings. The second kappa shape index (κ2) is 10.3. The second-order valence-electron chi connectivity index (χ2n) is 8.62. The second-order valence-corrected chi connectivity index (χ2v) is 9.84. The highest BCUT2D eigenvalue weighted by Gasteiger charge is 2.37. The summed E-state index contributed by atoms with van der Waals surface area (Å²) in [6.45, 7) is 5.95. The molecular weight excluding hydrogens is 473 g/mol. The maximum absolute atomic E-state index is 13.3. The number of carbonyl (C=O) groups is 1. The van der Waals surface area contributed by atoms with Crippen LogP contribution in [0, 0.1) is 0 Å². The van der Waals surface area contributed by atoms with Gasteiger partial charge >= 0.3 is 18.4 Å². The van der Waals surface area contributed by atoms with Gasteiger partial charge in [0.1, 0.15) is 5.75 Å². The van der Waals surface area contributed by atoms with Gasteiger partial charge in [0.2, 0.25) is 5.89 Å². The summed E-state index contributed by atoms with van der Waals surface area (Å²) in [7, 11) is 0. The fourth-order valence-electron chi connectivity index (χ4n) is 4.22. The minimum absolute atomic E-state index is 0.0507. The molecular formula is C22H27F3N4O4S. The average Bonchev–Trinajstić information content (AvgIpc) is 3.26. The van der Waals surface area contributed by atoms with Gasteiger partial charge in [0.05, 0.1) is 12.0 Å². The van der Waals surface area contributed by atoms with Crippen LogP contribution < -0.4 is 9.47 Å². The lowest BCUT2D eigenvalue weighted by Gasteiger charge is -2.40. The molecule has 1 aromatic heterocycles. The lowest BCUT2D eigenvalue weighted by atomic mass is 9.84. The monoisotopic (exact) mass is 500 g/mol. The number of halogens is 3. The number of alkyl halides is 3. The number of piperidine rings is 1. The molecule has 2 aliphatic heterocycles. The topological polar surface area (TPSA) is 80.9 Å². The third-order valence-corrected chi connectivity index (χ3v) is 6.64. The summed E-state index contributed by atoms with van der Waals surface area (Å²) in [6.07, 6.45) is -4.26. The third-order valence-electron chi connectivity index (χ3n) is 5.70. The van der Waals surface area contributed by atoms with E-state index in [4.69, 9.17) is 9.26 Å². The van der Waals surface area contributed by atoms with Crippen LogP contribution in [0.1, 0.15) is 43.6 Å². The van der Waals surface area contributed by atoms with Crippen LogP contribution >= 0.6 is 11.8 Å². The Morgan fingerprint density at radius 1 is 1.12 bits per heavy atom. The highest BCUT2D eigenvalue weighted by molar-refractivity contribution is 7.99. The molecule has 186 valence electrons. The quantitative estimate of drug-likeness (QED) is 0.598. The van der Waals surface area contributed by atoms with Gasteiger partial charge in [-0.15, -0.1) is 13.2 Å². The van der Waals surface area contributed by atoms with Crippen LogP contribution in [-0.2, 0) is 0 Å². The lowest BCUT2D eigenvalue weighted by Crippen LogP contribution is -2.51. The first-order chi connectivity index (χ1) is 16.2. The van der Waals surface area contributed by atoms with Gasteiger partial charge in [-0.3, -0.25) is 0 Å². The predicted molar refractivity (Wildman–Crippen MR) is 119 cm³/mol. The van der Waals surface area contributed by atoms with Gasteiger partial charge in [-0.05, 0) is 43.1 Å². The van der Waals surface area contributed by atoms with E-state index < -0.39 is 6.36 Å². The molecule has 2 fully saturated rings. The van der Waals surface area contributed by atoms with Crippen molar-refractivity contribution in [3.63, 3.8) is 0 Å². The summed E-state index contributed by atoms with van der Waals surface area (Å²) in [6, 6.07) is 5.89. The molecule has 0 aliphatic carbocycles. The largest absolute Gasteiger partial charge is 0.573 e. The molecule has 4 rings (SSSR count). The maximum Gasteiger partial charge on any atom is 0.573 e. The number of thioether (sulfide) groups is 1. The first-order valence-corrected chi connectivity index (χ1v) is 12.3. The van der Waals surface area contributed by atoms with Crippen LogP contribution in [0.5, 0.6) is 11.8 Å². The summed E-state index contributed by atoms with van der Waals surface area (Å²) in [5, 5.41) is 3.89. The number of ether oxygens (including phenoxy) is 2. The van der Waals surface area contributed by atoms with Crippen molar-refractivity contribution in [3.8, 4) is 11.8 Å². The molecule has 2 aromatic rings. The van der Waals surface area contributed by atoms with Crippen molar-refractivity contribution in [2.24, 2.45) is 0 Å². The number of rotatable bonds is 5. The van der Waals surface area contributed by atoms with Crippen molar-refractivity contribution < 1.29 is 32.0 Å². The summed E-state index contributed by atoms with van der Waals surface area (Å²) in [5.41, 5.74) is 0.810. The summed E-state index contributed by atoms with van der Waals surface area (Å²) in [4.78, 5) is 21.3. The Morgan fingerprint density at radius 2 is 1.79 bits per heavy atom. The third kappa shape index (κ3) is 6.28. The number of likely N-dealkylation sites (tertiary alicyclic amines) is 1. The van der Waals surface area contributed by atoms with E-state index in [1.165, 1.54) is 12.1 Å². The zero-order chi connectivity index (χ0) is 24.3. The predicted octanol–water partition coefficient (Wildman–Crippen LogP) is 4.50. The van der Waals surface area contributed by atoms with Crippen molar-refractivity contribution >= 4 is 17.8 Å². The summed E-state index contributed by atoms with van der Waals surface area (Å²) >= 11 is 1.82. The molecule has 34 heavy (non-hydrogen) atoms. The highest BCUT2D eigenvalue weighted by Crippen LogP contribution is 2.37. The van der Waals surface area contributed by atoms with Crippen LogP contribution in [0.2, 0.25) is 0 Å². The molecule has 0 saturated carbocycles. The number of benzene rings is 1. The van der Waals surface area contributed by atoms with Crippen molar-refractivity contribution in [3.05, 3.63) is 35.7 Å². The van der Waals surface area contributed by atoms with Gasteiger partial charge in [-0.25, -0.2) is 4.79 Å². The van der Waals surface area contributed by atoms with Crippen molar-refractivity contribution in [1.29, 1.82) is 0 Å². The molecule has 0 N–H and O–H groups in total. The minimum atomic E-state index is -4.75. The van der Waals surface area contributed by atoms with Crippen LogP contribution in [0.25, 0.3) is 0 Å². The van der Waals surface area contributed by atoms with Crippen LogP contribution in [0.4, 0.5) is 18.0 Å². The smallest absolute Gasteiger partial charge is 0.459 e. The van der Waals surface area contributed by atoms with Crippen molar-refractivity contribution in [2.75, 3.05) is 37.7 Å². The Kier molecular flexibility index (Phi) is 7.44. The van der Waals surface area contributed by atoms with Crippen molar-refractivity contribution in [2.45, 2.75) is 44.6 Å². The molecule has 3 heterocycles. The molecule has 0 radical (unpaired) electrons. The molecule has 12 heteroatoms. The molecule has 2 saturated heterocycles. The number of hydrogen-bond donors (Lipinski definition) is 0. The normalized spacial score (nSPS) is 21.6. The minimum Gasteiger partial charge on any atom is -0.459 e. The Balaban J connectivity index is 1.55. The molecule has 8 nitrogen and oxygen atoms in total. The number of urea groups is 1. The fraction of sp³-hybridized carbons (Fsp3) is 0.591.